The molecule has 22 heavy (non-hydrogen) atoms. The van der Waals surface area contributed by atoms with Gasteiger partial charge in [-0.05, 0) is 29.8 Å². The molecule has 0 radical (unpaired) electrons. The van der Waals surface area contributed by atoms with E-state index >= 15 is 0 Å². The van der Waals surface area contributed by atoms with Crippen molar-refractivity contribution in [3.63, 3.8) is 0 Å². The first kappa shape index (κ1) is 16.0. The Hall–Kier alpha value is -2.40. The van der Waals surface area contributed by atoms with Crippen molar-refractivity contribution in [2.45, 2.75) is 6.42 Å². The van der Waals surface area contributed by atoms with Crippen molar-refractivity contribution in [1.29, 1.82) is 0 Å². The zero-order valence-corrected chi connectivity index (χ0v) is 12.5. The second kappa shape index (κ2) is 6.58. The van der Waals surface area contributed by atoms with Gasteiger partial charge in [-0.25, -0.2) is 4.39 Å². The van der Waals surface area contributed by atoms with Crippen molar-refractivity contribution < 1.29 is 18.7 Å². The third-order valence-corrected chi connectivity index (χ3v) is 3.42. The quantitative estimate of drug-likeness (QED) is 0.861. The number of ketones is 1. The highest BCUT2D eigenvalue weighted by Crippen LogP contribution is 2.26. The van der Waals surface area contributed by atoms with Crippen molar-refractivity contribution >= 4 is 23.3 Å². The van der Waals surface area contributed by atoms with Gasteiger partial charge in [0.2, 0.25) is 5.91 Å². The highest BCUT2D eigenvalue weighted by atomic mass is 35.5. The Kier molecular flexibility index (Phi) is 4.78. The molecule has 0 heterocycles. The van der Waals surface area contributed by atoms with E-state index in [4.69, 9.17) is 22.1 Å². The van der Waals surface area contributed by atoms with Gasteiger partial charge in [0.25, 0.3) is 0 Å². The Labute approximate surface area is 131 Å². The molecular weight excluding hydrogens is 309 g/mol. The summed E-state index contributed by atoms with van der Waals surface area (Å²) in [6.07, 6.45) is -0.160. The van der Waals surface area contributed by atoms with Crippen LogP contribution >= 0.6 is 11.6 Å². The van der Waals surface area contributed by atoms with E-state index in [9.17, 15) is 14.0 Å². The molecule has 114 valence electrons. The van der Waals surface area contributed by atoms with Gasteiger partial charge in [-0.15, -0.1) is 0 Å². The highest BCUT2D eigenvalue weighted by Gasteiger charge is 2.21. The molecule has 2 aromatic rings. The number of halogens is 2. The SMILES string of the molecule is COc1ccc(F)c(C(=O)c2c(Cl)cccc2CC(N)=O)c1. The second-order valence-electron chi connectivity index (χ2n) is 4.59. The van der Waals surface area contributed by atoms with E-state index in [0.29, 0.717) is 11.3 Å². The number of methoxy groups -OCH3 is 1. The molecule has 1 amide bonds. The standard InChI is InChI=1S/C16H13ClFNO3/c1-22-10-5-6-13(18)11(8-10)16(21)15-9(7-14(19)20)3-2-4-12(15)17/h2-6,8H,7H2,1H3,(H2,19,20). The molecule has 0 aromatic heterocycles. The molecule has 6 heteroatoms. The van der Waals surface area contributed by atoms with Crippen LogP contribution in [0.25, 0.3) is 0 Å². The van der Waals surface area contributed by atoms with Gasteiger partial charge < -0.3 is 10.5 Å². The number of nitrogens with two attached hydrogens (primary N) is 1. The summed E-state index contributed by atoms with van der Waals surface area (Å²) in [5, 5.41) is 0.131. The van der Waals surface area contributed by atoms with E-state index in [0.717, 1.165) is 6.07 Å². The van der Waals surface area contributed by atoms with Gasteiger partial charge in [0.05, 0.1) is 24.1 Å². The Balaban J connectivity index is 2.56. The summed E-state index contributed by atoms with van der Waals surface area (Å²) in [4.78, 5) is 23.8. The Bertz CT molecular complexity index is 746. The molecule has 2 rings (SSSR count). The average Bonchev–Trinajstić information content (AvgIpc) is 2.47. The summed E-state index contributed by atoms with van der Waals surface area (Å²) in [7, 11) is 1.41. The normalized spacial score (nSPS) is 10.3. The molecule has 0 aliphatic carbocycles. The molecule has 0 aliphatic heterocycles. The van der Waals surface area contributed by atoms with Crippen molar-refractivity contribution in [2.75, 3.05) is 7.11 Å². The van der Waals surface area contributed by atoms with Crippen LogP contribution in [0.15, 0.2) is 36.4 Å². The zero-order chi connectivity index (χ0) is 16.3. The van der Waals surface area contributed by atoms with E-state index in [-0.39, 0.29) is 22.6 Å². The van der Waals surface area contributed by atoms with Crippen molar-refractivity contribution in [3.05, 3.63) is 63.9 Å². The van der Waals surface area contributed by atoms with E-state index in [2.05, 4.69) is 0 Å². The topological polar surface area (TPSA) is 69.4 Å². The van der Waals surface area contributed by atoms with Crippen LogP contribution < -0.4 is 10.5 Å². The third-order valence-electron chi connectivity index (χ3n) is 3.11. The molecule has 0 aliphatic rings. The fourth-order valence-corrected chi connectivity index (χ4v) is 2.38. The van der Waals surface area contributed by atoms with Crippen molar-refractivity contribution in [2.24, 2.45) is 5.73 Å². The molecule has 0 atom stereocenters. The van der Waals surface area contributed by atoms with Crippen LogP contribution in [0.1, 0.15) is 21.5 Å². The van der Waals surface area contributed by atoms with Crippen molar-refractivity contribution in [3.8, 4) is 5.75 Å². The molecule has 0 saturated carbocycles. The van der Waals surface area contributed by atoms with E-state index in [1.165, 1.54) is 25.3 Å². The highest BCUT2D eigenvalue weighted by molar-refractivity contribution is 6.35. The largest absolute Gasteiger partial charge is 0.497 e. The van der Waals surface area contributed by atoms with Gasteiger partial charge in [0.1, 0.15) is 11.6 Å². The minimum absolute atomic E-state index is 0.0649. The minimum Gasteiger partial charge on any atom is -0.497 e. The fraction of sp³-hybridized carbons (Fsp3) is 0.125. The first-order chi connectivity index (χ1) is 10.4. The number of hydrogen-bond donors (Lipinski definition) is 1. The van der Waals surface area contributed by atoms with Crippen LogP contribution in [0.2, 0.25) is 5.02 Å². The molecule has 0 unspecified atom stereocenters. The lowest BCUT2D eigenvalue weighted by atomic mass is 9.96. The molecule has 4 nitrogen and oxygen atoms in total. The van der Waals surface area contributed by atoms with Crippen molar-refractivity contribution in [1.82, 2.24) is 0 Å². The maximum absolute atomic E-state index is 14.0. The Morgan fingerprint density at radius 2 is 2.00 bits per heavy atom. The number of amides is 1. The summed E-state index contributed by atoms with van der Waals surface area (Å²) >= 11 is 6.06. The van der Waals surface area contributed by atoms with Gasteiger partial charge >= 0.3 is 0 Å². The smallest absolute Gasteiger partial charge is 0.221 e. The van der Waals surface area contributed by atoms with Crippen LogP contribution in [-0.4, -0.2) is 18.8 Å². The lowest BCUT2D eigenvalue weighted by Crippen LogP contribution is -2.17. The van der Waals surface area contributed by atoms with Gasteiger partial charge in [0.15, 0.2) is 5.78 Å². The van der Waals surface area contributed by atoms with Crippen LogP contribution in [0.4, 0.5) is 4.39 Å². The molecule has 0 bridgehead atoms. The number of benzene rings is 2. The predicted molar refractivity (Wildman–Crippen MR) is 80.7 cm³/mol. The number of carbonyl (C=O) groups is 2. The first-order valence-electron chi connectivity index (χ1n) is 6.38. The fourth-order valence-electron chi connectivity index (χ4n) is 2.10. The minimum atomic E-state index is -0.698. The Morgan fingerprint density at radius 3 is 2.64 bits per heavy atom. The van der Waals surface area contributed by atoms with Crippen LogP contribution in [-0.2, 0) is 11.2 Å². The molecule has 0 fully saturated rings. The number of primary amides is 1. The van der Waals surface area contributed by atoms with Gasteiger partial charge in [-0.3, -0.25) is 9.59 Å². The number of ether oxygens (including phenoxy) is 1. The zero-order valence-electron chi connectivity index (χ0n) is 11.7. The maximum atomic E-state index is 14.0. The van der Waals surface area contributed by atoms with Crippen LogP contribution in [0.5, 0.6) is 5.75 Å². The van der Waals surface area contributed by atoms with Gasteiger partial charge in [-0.1, -0.05) is 23.7 Å². The molecule has 2 N–H and O–H groups in total. The Morgan fingerprint density at radius 1 is 1.27 bits per heavy atom. The predicted octanol–water partition coefficient (Wildman–Crippen LogP) is 2.75. The molecule has 0 spiro atoms. The number of rotatable bonds is 5. The third kappa shape index (κ3) is 3.26. The summed E-state index contributed by atoms with van der Waals surface area (Å²) < 4.78 is 19.0. The summed E-state index contributed by atoms with van der Waals surface area (Å²) in [6, 6.07) is 8.48. The average molecular weight is 322 g/mol. The molecular formula is C16H13ClFNO3. The summed E-state index contributed by atoms with van der Waals surface area (Å²) in [6.45, 7) is 0. The van der Waals surface area contributed by atoms with E-state index < -0.39 is 17.5 Å². The lowest BCUT2D eigenvalue weighted by molar-refractivity contribution is -0.117. The monoisotopic (exact) mass is 321 g/mol. The summed E-state index contributed by atoms with van der Waals surface area (Å²) in [5.41, 5.74) is 5.41. The molecule has 0 saturated heterocycles. The van der Waals surface area contributed by atoms with E-state index in [1.54, 1.807) is 12.1 Å². The van der Waals surface area contributed by atoms with E-state index in [1.807, 2.05) is 0 Å². The first-order valence-corrected chi connectivity index (χ1v) is 6.75. The maximum Gasteiger partial charge on any atom is 0.221 e. The molecule has 2 aromatic carbocycles. The lowest BCUT2D eigenvalue weighted by Gasteiger charge is -2.11. The van der Waals surface area contributed by atoms with Crippen LogP contribution in [0, 0.1) is 5.82 Å². The second-order valence-corrected chi connectivity index (χ2v) is 5.00. The van der Waals surface area contributed by atoms with Crippen LogP contribution in [0.3, 0.4) is 0 Å². The number of carbonyl (C=O) groups excluding carboxylic acids is 2. The summed E-state index contributed by atoms with van der Waals surface area (Å²) in [5.74, 6) is -1.59. The van der Waals surface area contributed by atoms with Gasteiger partial charge in [-0.2, -0.15) is 0 Å². The number of hydrogen-bond acceptors (Lipinski definition) is 3. The van der Waals surface area contributed by atoms with Gasteiger partial charge in [0, 0.05) is 5.56 Å².